The number of esters is 1. The number of hydrogen-bond donors (Lipinski definition) is 0. The number of fused-ring (bicyclic) bond motifs is 1. The summed E-state index contributed by atoms with van der Waals surface area (Å²) in [7, 11) is 1.35. The van der Waals surface area contributed by atoms with Crippen molar-refractivity contribution >= 4 is 52.6 Å². The molecule has 0 radical (unpaired) electrons. The van der Waals surface area contributed by atoms with Gasteiger partial charge in [-0.3, -0.25) is 9.69 Å². The van der Waals surface area contributed by atoms with Gasteiger partial charge in [-0.1, -0.05) is 59.1 Å². The molecule has 0 aliphatic carbocycles. The third-order valence-corrected chi connectivity index (χ3v) is 4.33. The summed E-state index contributed by atoms with van der Waals surface area (Å²) < 4.78 is 8.26. The Hall–Kier alpha value is -1.43. The summed E-state index contributed by atoms with van der Waals surface area (Å²) in [6, 6.07) is 7.23. The van der Waals surface area contributed by atoms with Crippen LogP contribution in [0.5, 0.6) is 0 Å². The van der Waals surface area contributed by atoms with Gasteiger partial charge in [-0.25, -0.2) is 4.79 Å². The minimum atomic E-state index is -1.69. The maximum atomic E-state index is 12.3. The molecule has 5 nitrogen and oxygen atoms in total. The molecule has 2 rings (SSSR count). The van der Waals surface area contributed by atoms with Crippen molar-refractivity contribution in [3.63, 3.8) is 0 Å². The third-order valence-electron chi connectivity index (χ3n) is 4.00. The zero-order valence-corrected chi connectivity index (χ0v) is 16.2. The summed E-state index contributed by atoms with van der Waals surface area (Å²) in [5, 5.41) is 0. The summed E-state index contributed by atoms with van der Waals surface area (Å²) in [6.07, 6.45) is 2.64. The van der Waals surface area contributed by atoms with E-state index in [4.69, 9.17) is 44.3 Å². The molecule has 1 aromatic rings. The first-order valence-corrected chi connectivity index (χ1v) is 8.59. The Morgan fingerprint density at radius 1 is 1.20 bits per heavy atom. The molecule has 0 bridgehead atoms. The summed E-state index contributed by atoms with van der Waals surface area (Å²) in [5.74, 6) is -0.613. The van der Waals surface area contributed by atoms with Crippen LogP contribution in [0.25, 0.3) is 0 Å². The van der Waals surface area contributed by atoms with Gasteiger partial charge in [0.05, 0.1) is 18.2 Å². The van der Waals surface area contributed by atoms with Crippen LogP contribution in [0.2, 0.25) is 0 Å². The quantitative estimate of drug-likeness (QED) is 0.534. The molecule has 1 unspecified atom stereocenters. The summed E-state index contributed by atoms with van der Waals surface area (Å²) >= 11 is 16.8. The zero-order chi connectivity index (χ0) is 18.8. The van der Waals surface area contributed by atoms with E-state index in [0.29, 0.717) is 5.69 Å². The highest BCUT2D eigenvalue weighted by Gasteiger charge is 2.41. The van der Waals surface area contributed by atoms with Crippen molar-refractivity contribution in [2.24, 2.45) is 5.41 Å². The Morgan fingerprint density at radius 2 is 1.84 bits per heavy atom. The van der Waals surface area contributed by atoms with Crippen LogP contribution in [0.4, 0.5) is 10.5 Å². The molecule has 136 valence electrons. The molecule has 1 atom stereocenters. The van der Waals surface area contributed by atoms with E-state index in [0.717, 1.165) is 5.56 Å². The Morgan fingerprint density at radius 3 is 2.44 bits per heavy atom. The first kappa shape index (κ1) is 19.9. The number of alkyl halides is 3. The standard InChI is InChI=1S/C17H18Cl3NO4/c1-16(2,14(22)24-3)12-8-9-21(13-7-5-4-6-11(12)13)15(23)25-10-17(18,19)20/h4-9,12H,10H2,1-3H3. The highest BCUT2D eigenvalue weighted by molar-refractivity contribution is 6.67. The normalized spacial score (nSPS) is 17.0. The number of hydrogen-bond acceptors (Lipinski definition) is 4. The van der Waals surface area contributed by atoms with Crippen LogP contribution in [0, 0.1) is 5.41 Å². The van der Waals surface area contributed by atoms with Gasteiger partial charge in [0.2, 0.25) is 3.79 Å². The Balaban J connectivity index is 2.34. The fourth-order valence-corrected chi connectivity index (χ4v) is 2.88. The van der Waals surface area contributed by atoms with Gasteiger partial charge in [0, 0.05) is 12.1 Å². The lowest BCUT2D eigenvalue weighted by atomic mass is 9.73. The maximum absolute atomic E-state index is 12.3. The number of methoxy groups -OCH3 is 1. The van der Waals surface area contributed by atoms with Gasteiger partial charge in [-0.15, -0.1) is 0 Å². The molecule has 8 heteroatoms. The molecule has 25 heavy (non-hydrogen) atoms. The van der Waals surface area contributed by atoms with Crippen LogP contribution in [-0.4, -0.2) is 29.6 Å². The summed E-state index contributed by atoms with van der Waals surface area (Å²) in [5.41, 5.74) is 0.585. The lowest BCUT2D eigenvalue weighted by Gasteiger charge is -2.36. The number of benzene rings is 1. The molecule has 1 aromatic carbocycles. The zero-order valence-electron chi connectivity index (χ0n) is 14.0. The van der Waals surface area contributed by atoms with E-state index in [2.05, 4.69) is 0 Å². The maximum Gasteiger partial charge on any atom is 0.418 e. The van der Waals surface area contributed by atoms with Crippen LogP contribution in [0.1, 0.15) is 25.3 Å². The van der Waals surface area contributed by atoms with Gasteiger partial charge < -0.3 is 9.47 Å². The fourth-order valence-electron chi connectivity index (χ4n) is 2.72. The Bertz CT molecular complexity index is 697. The number of halogens is 3. The molecule has 1 heterocycles. The van der Waals surface area contributed by atoms with Crippen molar-refractivity contribution in [3.8, 4) is 0 Å². The van der Waals surface area contributed by atoms with E-state index >= 15 is 0 Å². The van der Waals surface area contributed by atoms with Crippen LogP contribution in [0.15, 0.2) is 36.5 Å². The smallest absolute Gasteiger partial charge is 0.418 e. The number of allylic oxidation sites excluding steroid dienone is 1. The van der Waals surface area contributed by atoms with Crippen molar-refractivity contribution in [2.45, 2.75) is 23.6 Å². The number of rotatable bonds is 3. The number of amides is 1. The second kappa shape index (κ2) is 7.44. The Kier molecular flexibility index (Phi) is 5.92. The van der Waals surface area contributed by atoms with Gasteiger partial charge in [-0.05, 0) is 25.5 Å². The average molecular weight is 407 g/mol. The molecule has 0 aromatic heterocycles. The largest absolute Gasteiger partial charge is 0.469 e. The first-order chi connectivity index (χ1) is 11.6. The van der Waals surface area contributed by atoms with Crippen molar-refractivity contribution in [2.75, 3.05) is 18.6 Å². The number of nitrogens with zero attached hydrogens (tertiary/aromatic N) is 1. The number of carbonyl (C=O) groups is 2. The van der Waals surface area contributed by atoms with E-state index in [1.165, 1.54) is 12.0 Å². The average Bonchev–Trinajstić information content (AvgIpc) is 2.57. The predicted octanol–water partition coefficient (Wildman–Crippen LogP) is 4.81. The monoisotopic (exact) mass is 405 g/mol. The molecule has 0 saturated heterocycles. The first-order valence-electron chi connectivity index (χ1n) is 7.46. The SMILES string of the molecule is COC(=O)C(C)(C)C1C=CN(C(=O)OCC(Cl)(Cl)Cl)c2ccccc21. The fraction of sp³-hybridized carbons (Fsp3) is 0.412. The van der Waals surface area contributed by atoms with Crippen LogP contribution >= 0.6 is 34.8 Å². The van der Waals surface area contributed by atoms with E-state index in [1.807, 2.05) is 12.1 Å². The highest BCUT2D eigenvalue weighted by Crippen LogP contribution is 2.44. The van der Waals surface area contributed by atoms with Gasteiger partial charge in [0.15, 0.2) is 0 Å². The van der Waals surface area contributed by atoms with E-state index in [9.17, 15) is 9.59 Å². The number of ether oxygens (including phenoxy) is 2. The van der Waals surface area contributed by atoms with Crippen molar-refractivity contribution in [1.29, 1.82) is 0 Å². The minimum absolute atomic E-state index is 0.270. The van der Waals surface area contributed by atoms with Gasteiger partial charge in [0.1, 0.15) is 6.61 Å². The van der Waals surface area contributed by atoms with Crippen LogP contribution < -0.4 is 4.90 Å². The molecular weight excluding hydrogens is 389 g/mol. The third kappa shape index (κ3) is 4.40. The topological polar surface area (TPSA) is 55.8 Å². The Labute approximate surface area is 161 Å². The summed E-state index contributed by atoms with van der Waals surface area (Å²) in [6.45, 7) is 3.21. The second-order valence-electron chi connectivity index (χ2n) is 6.13. The minimum Gasteiger partial charge on any atom is -0.469 e. The van der Waals surface area contributed by atoms with Gasteiger partial charge in [-0.2, -0.15) is 0 Å². The van der Waals surface area contributed by atoms with E-state index in [-0.39, 0.29) is 18.5 Å². The van der Waals surface area contributed by atoms with Crippen LogP contribution in [0.3, 0.4) is 0 Å². The number of para-hydroxylation sites is 1. The summed E-state index contributed by atoms with van der Waals surface area (Å²) in [4.78, 5) is 25.8. The molecule has 0 spiro atoms. The van der Waals surface area contributed by atoms with Crippen molar-refractivity contribution in [3.05, 3.63) is 42.1 Å². The number of anilines is 1. The lowest BCUT2D eigenvalue weighted by Crippen LogP contribution is -2.37. The van der Waals surface area contributed by atoms with Crippen LogP contribution in [-0.2, 0) is 14.3 Å². The molecule has 0 N–H and O–H groups in total. The predicted molar refractivity (Wildman–Crippen MR) is 98.2 cm³/mol. The molecule has 1 amide bonds. The lowest BCUT2D eigenvalue weighted by molar-refractivity contribution is -0.151. The molecular formula is C17H18Cl3NO4. The van der Waals surface area contributed by atoms with Crippen molar-refractivity contribution in [1.82, 2.24) is 0 Å². The number of carbonyl (C=O) groups excluding carboxylic acids is 2. The van der Waals surface area contributed by atoms with Crippen molar-refractivity contribution < 1.29 is 19.1 Å². The molecule has 1 aliphatic rings. The van der Waals surface area contributed by atoms with Gasteiger partial charge in [0.25, 0.3) is 0 Å². The molecule has 1 aliphatic heterocycles. The highest BCUT2D eigenvalue weighted by atomic mass is 35.6. The second-order valence-corrected chi connectivity index (χ2v) is 8.65. The van der Waals surface area contributed by atoms with Gasteiger partial charge >= 0.3 is 12.1 Å². The molecule has 0 fully saturated rings. The molecule has 0 saturated carbocycles. The van der Waals surface area contributed by atoms with E-state index < -0.39 is 15.3 Å². The van der Waals surface area contributed by atoms with E-state index in [1.54, 1.807) is 38.3 Å².